The summed E-state index contributed by atoms with van der Waals surface area (Å²) in [7, 11) is 0. The van der Waals surface area contributed by atoms with Crippen molar-refractivity contribution in [1.29, 1.82) is 0 Å². The molecule has 0 saturated carbocycles. The van der Waals surface area contributed by atoms with E-state index in [0.29, 0.717) is 12.1 Å². The maximum absolute atomic E-state index is 11.3. The highest BCUT2D eigenvalue weighted by Gasteiger charge is 2.24. The van der Waals surface area contributed by atoms with Crippen LogP contribution in [0.4, 0.5) is 11.4 Å². The van der Waals surface area contributed by atoms with Gasteiger partial charge in [-0.1, -0.05) is 20.3 Å². The largest absolute Gasteiger partial charge is 0.487 e. The van der Waals surface area contributed by atoms with Crippen LogP contribution in [0.1, 0.15) is 27.2 Å². The highest BCUT2D eigenvalue weighted by Crippen LogP contribution is 2.30. The number of nitro groups is 1. The van der Waals surface area contributed by atoms with E-state index in [-0.39, 0.29) is 24.0 Å². The first-order chi connectivity index (χ1) is 9.90. The highest BCUT2D eigenvalue weighted by molar-refractivity contribution is 5.78. The molecule has 7 heteroatoms. The summed E-state index contributed by atoms with van der Waals surface area (Å²) >= 11 is 0. The number of carboxylic acid groups (broad SMARTS) is 1. The third-order valence-corrected chi connectivity index (χ3v) is 3.26. The molecule has 2 atom stereocenters. The summed E-state index contributed by atoms with van der Waals surface area (Å²) in [5.41, 5.74) is 0.342. The molecule has 1 rings (SSSR count). The molecule has 2 N–H and O–H groups in total. The van der Waals surface area contributed by atoms with Crippen molar-refractivity contribution in [1.82, 2.24) is 0 Å². The molecule has 0 bridgehead atoms. The number of rotatable bonds is 8. The first-order valence-corrected chi connectivity index (χ1v) is 6.81. The van der Waals surface area contributed by atoms with Gasteiger partial charge in [0, 0.05) is 17.8 Å². The fraction of sp³-hybridized carbons (Fsp3) is 0.500. The van der Waals surface area contributed by atoms with E-state index >= 15 is 0 Å². The Morgan fingerprint density at radius 1 is 1.48 bits per heavy atom. The van der Waals surface area contributed by atoms with E-state index in [1.54, 1.807) is 6.92 Å². The van der Waals surface area contributed by atoms with Crippen molar-refractivity contribution in [3.05, 3.63) is 28.3 Å². The summed E-state index contributed by atoms with van der Waals surface area (Å²) in [4.78, 5) is 21.7. The van der Waals surface area contributed by atoms with Crippen LogP contribution in [0.3, 0.4) is 0 Å². The SMILES string of the molecule is CCOc1cc(N[C@H](C(=O)O)[C@@H](C)CC)ccc1[N+](=O)[O-]. The van der Waals surface area contributed by atoms with Crippen LogP contribution in [0, 0.1) is 16.0 Å². The van der Waals surface area contributed by atoms with Crippen molar-refractivity contribution >= 4 is 17.3 Å². The third kappa shape index (κ3) is 4.34. The summed E-state index contributed by atoms with van der Waals surface area (Å²) in [6.07, 6.45) is 0.704. The third-order valence-electron chi connectivity index (χ3n) is 3.26. The molecule has 116 valence electrons. The second-order valence-electron chi connectivity index (χ2n) is 4.72. The maximum Gasteiger partial charge on any atom is 0.326 e. The normalized spacial score (nSPS) is 13.3. The molecule has 0 radical (unpaired) electrons. The van der Waals surface area contributed by atoms with Gasteiger partial charge in [-0.05, 0) is 18.9 Å². The summed E-state index contributed by atoms with van der Waals surface area (Å²) in [5.74, 6) is -0.908. The topological polar surface area (TPSA) is 102 Å². The lowest BCUT2D eigenvalue weighted by atomic mass is 9.99. The Morgan fingerprint density at radius 2 is 2.14 bits per heavy atom. The van der Waals surface area contributed by atoms with Crippen molar-refractivity contribution in [2.45, 2.75) is 33.2 Å². The van der Waals surface area contributed by atoms with E-state index < -0.39 is 16.9 Å². The van der Waals surface area contributed by atoms with Gasteiger partial charge in [-0.15, -0.1) is 0 Å². The van der Waals surface area contributed by atoms with Gasteiger partial charge < -0.3 is 15.2 Å². The minimum Gasteiger partial charge on any atom is -0.487 e. The number of nitro benzene ring substituents is 1. The molecule has 0 heterocycles. The predicted octanol–water partition coefficient (Wildman–Crippen LogP) is 2.90. The number of hydrogen-bond acceptors (Lipinski definition) is 5. The molecular weight excluding hydrogens is 276 g/mol. The average Bonchev–Trinajstić information content (AvgIpc) is 2.44. The smallest absolute Gasteiger partial charge is 0.326 e. The standard InChI is InChI=1S/C14H20N2O5/c1-4-9(3)13(14(17)18)15-10-6-7-11(16(19)20)12(8-10)21-5-2/h6-9,13,15H,4-5H2,1-3H3,(H,17,18)/t9-,13-/m0/s1. The van der Waals surface area contributed by atoms with Gasteiger partial charge in [0.1, 0.15) is 6.04 Å². The van der Waals surface area contributed by atoms with Crippen LogP contribution in [0.25, 0.3) is 0 Å². The van der Waals surface area contributed by atoms with Crippen LogP contribution in [0.5, 0.6) is 5.75 Å². The zero-order valence-electron chi connectivity index (χ0n) is 12.3. The summed E-state index contributed by atoms with van der Waals surface area (Å²) in [6, 6.07) is 3.49. The lowest BCUT2D eigenvalue weighted by Gasteiger charge is -2.21. The molecule has 7 nitrogen and oxygen atoms in total. The number of anilines is 1. The van der Waals surface area contributed by atoms with Crippen LogP contribution < -0.4 is 10.1 Å². The minimum atomic E-state index is -0.958. The second-order valence-corrected chi connectivity index (χ2v) is 4.72. The molecule has 0 saturated heterocycles. The van der Waals surface area contributed by atoms with Crippen molar-refractivity contribution < 1.29 is 19.6 Å². The molecule has 0 amide bonds. The van der Waals surface area contributed by atoms with Gasteiger partial charge in [0.2, 0.25) is 0 Å². The summed E-state index contributed by atoms with van der Waals surface area (Å²) in [5, 5.41) is 23.0. The van der Waals surface area contributed by atoms with Gasteiger partial charge in [0.15, 0.2) is 5.75 Å². The van der Waals surface area contributed by atoms with E-state index in [1.807, 2.05) is 13.8 Å². The summed E-state index contributed by atoms with van der Waals surface area (Å²) < 4.78 is 5.24. The lowest BCUT2D eigenvalue weighted by Crippen LogP contribution is -2.35. The van der Waals surface area contributed by atoms with E-state index in [4.69, 9.17) is 4.74 Å². The highest BCUT2D eigenvalue weighted by atomic mass is 16.6. The first-order valence-electron chi connectivity index (χ1n) is 6.81. The molecule has 1 aromatic rings. The van der Waals surface area contributed by atoms with Crippen LogP contribution in [-0.4, -0.2) is 28.6 Å². The molecule has 0 aliphatic rings. The second kappa shape index (κ2) is 7.47. The quantitative estimate of drug-likeness (QED) is 0.565. The average molecular weight is 296 g/mol. The molecule has 1 aromatic carbocycles. The van der Waals surface area contributed by atoms with Crippen LogP contribution in [0.2, 0.25) is 0 Å². The van der Waals surface area contributed by atoms with Crippen LogP contribution in [-0.2, 0) is 4.79 Å². The fourth-order valence-electron chi connectivity index (χ4n) is 1.89. The number of nitrogens with one attached hydrogen (secondary N) is 1. The molecule has 21 heavy (non-hydrogen) atoms. The Balaban J connectivity index is 3.05. The van der Waals surface area contributed by atoms with Gasteiger partial charge >= 0.3 is 11.7 Å². The van der Waals surface area contributed by atoms with Gasteiger partial charge in [-0.3, -0.25) is 10.1 Å². The number of aliphatic carboxylic acids is 1. The Kier molecular flexibility index (Phi) is 5.95. The van der Waals surface area contributed by atoms with E-state index in [0.717, 1.165) is 0 Å². The van der Waals surface area contributed by atoms with Crippen LogP contribution in [0.15, 0.2) is 18.2 Å². The van der Waals surface area contributed by atoms with Gasteiger partial charge in [-0.25, -0.2) is 4.79 Å². The van der Waals surface area contributed by atoms with Crippen LogP contribution >= 0.6 is 0 Å². The van der Waals surface area contributed by atoms with Crippen molar-refractivity contribution in [3.8, 4) is 5.75 Å². The molecular formula is C14H20N2O5. The maximum atomic E-state index is 11.3. The van der Waals surface area contributed by atoms with Gasteiger partial charge in [0.05, 0.1) is 11.5 Å². The molecule has 0 spiro atoms. The Bertz CT molecular complexity index is 518. The molecule has 0 unspecified atom stereocenters. The molecule has 0 aliphatic heterocycles. The van der Waals surface area contributed by atoms with E-state index in [2.05, 4.69) is 5.32 Å². The van der Waals surface area contributed by atoms with E-state index in [1.165, 1.54) is 18.2 Å². The summed E-state index contributed by atoms with van der Waals surface area (Å²) in [6.45, 7) is 5.76. The number of carbonyl (C=O) groups is 1. The fourth-order valence-corrected chi connectivity index (χ4v) is 1.89. The minimum absolute atomic E-state index is 0.0757. The Hall–Kier alpha value is -2.31. The first kappa shape index (κ1) is 16.7. The lowest BCUT2D eigenvalue weighted by molar-refractivity contribution is -0.385. The van der Waals surface area contributed by atoms with Gasteiger partial charge in [-0.2, -0.15) is 0 Å². The van der Waals surface area contributed by atoms with E-state index in [9.17, 15) is 20.0 Å². The Morgan fingerprint density at radius 3 is 2.62 bits per heavy atom. The number of benzene rings is 1. The zero-order valence-corrected chi connectivity index (χ0v) is 12.3. The number of ether oxygens (including phenoxy) is 1. The van der Waals surface area contributed by atoms with Crippen molar-refractivity contribution in [3.63, 3.8) is 0 Å². The Labute approximate surface area is 123 Å². The van der Waals surface area contributed by atoms with Crippen molar-refractivity contribution in [2.24, 2.45) is 5.92 Å². The zero-order chi connectivity index (χ0) is 16.0. The molecule has 0 fully saturated rings. The van der Waals surface area contributed by atoms with Gasteiger partial charge in [0.25, 0.3) is 0 Å². The monoisotopic (exact) mass is 296 g/mol. The molecule has 0 aliphatic carbocycles. The number of carboxylic acids is 1. The molecule has 0 aromatic heterocycles. The number of nitrogens with zero attached hydrogens (tertiary/aromatic N) is 1. The predicted molar refractivity (Wildman–Crippen MR) is 78.8 cm³/mol. The van der Waals surface area contributed by atoms with Crippen molar-refractivity contribution in [2.75, 3.05) is 11.9 Å². The number of hydrogen-bond donors (Lipinski definition) is 2.